The number of para-hydroxylation sites is 1. The molecule has 0 saturated carbocycles. The molecule has 0 bridgehead atoms. The van der Waals surface area contributed by atoms with Crippen molar-refractivity contribution >= 4 is 45.3 Å². The zero-order valence-electron chi connectivity index (χ0n) is 22.6. The van der Waals surface area contributed by atoms with Crippen molar-refractivity contribution in [3.05, 3.63) is 124 Å². The molecular formula is C33H33BrN2O3S. The van der Waals surface area contributed by atoms with E-state index in [9.17, 15) is 14.7 Å². The largest absolute Gasteiger partial charge is 0.480 e. The average Bonchev–Trinajstić information content (AvgIpc) is 2.96. The fourth-order valence-corrected chi connectivity index (χ4v) is 5.36. The number of carbonyl (C=O) groups is 2. The molecular weight excluding hydrogens is 584 g/mol. The minimum atomic E-state index is -1.03. The highest BCUT2D eigenvalue weighted by Gasteiger charge is 2.23. The van der Waals surface area contributed by atoms with Crippen LogP contribution in [0.25, 0.3) is 11.1 Å². The Hall–Kier alpha value is -3.55. The topological polar surface area (TPSA) is 69.6 Å². The summed E-state index contributed by atoms with van der Waals surface area (Å²) in [6.45, 7) is 3.37. The summed E-state index contributed by atoms with van der Waals surface area (Å²) in [5, 5.41) is 12.4. The van der Waals surface area contributed by atoms with Crippen LogP contribution in [0.15, 0.2) is 102 Å². The number of anilines is 1. The van der Waals surface area contributed by atoms with Crippen LogP contribution in [0.5, 0.6) is 0 Å². The molecule has 2 N–H and O–H groups in total. The third-order valence-electron chi connectivity index (χ3n) is 6.76. The molecule has 0 aliphatic carbocycles. The van der Waals surface area contributed by atoms with Crippen LogP contribution in [-0.2, 0) is 17.9 Å². The lowest BCUT2D eigenvalue weighted by Crippen LogP contribution is -2.41. The van der Waals surface area contributed by atoms with Crippen LogP contribution in [0.1, 0.15) is 33.5 Å². The number of aliphatic carboxylic acids is 1. The summed E-state index contributed by atoms with van der Waals surface area (Å²) in [5.41, 5.74) is 6.58. The Balaban J connectivity index is 1.70. The van der Waals surface area contributed by atoms with Crippen molar-refractivity contribution < 1.29 is 14.7 Å². The standard InChI is InChI=1S/C33H33BrN2O3S/c1-23-8-6-7-11-28(23)30-20-25(14-17-29(30)32(37)35-31(33(38)39)18-19-40-2)22-36(27-9-4-3-5-10-27)21-24-12-15-26(34)16-13-24/h3-17,20,31H,18-19,21-22H2,1-2H3,(H,35,37)(H,38,39). The minimum Gasteiger partial charge on any atom is -0.480 e. The van der Waals surface area contributed by atoms with Gasteiger partial charge in [0, 0.05) is 28.8 Å². The maximum absolute atomic E-state index is 13.5. The molecule has 4 aromatic carbocycles. The molecule has 0 saturated heterocycles. The summed E-state index contributed by atoms with van der Waals surface area (Å²) in [6.07, 6.45) is 2.29. The molecule has 1 unspecified atom stereocenters. The molecule has 0 spiro atoms. The van der Waals surface area contributed by atoms with Crippen molar-refractivity contribution in [2.45, 2.75) is 32.5 Å². The highest BCUT2D eigenvalue weighted by molar-refractivity contribution is 9.10. The summed E-state index contributed by atoms with van der Waals surface area (Å²) in [4.78, 5) is 27.6. The van der Waals surface area contributed by atoms with Crippen molar-refractivity contribution in [3.8, 4) is 11.1 Å². The highest BCUT2D eigenvalue weighted by atomic mass is 79.9. The molecule has 4 rings (SSSR count). The number of aryl methyl sites for hydroxylation is 1. The van der Waals surface area contributed by atoms with Crippen LogP contribution in [-0.4, -0.2) is 35.0 Å². The number of hydrogen-bond acceptors (Lipinski definition) is 4. The SMILES string of the molecule is CSCCC(NC(=O)c1ccc(CN(Cc2ccc(Br)cc2)c2ccccc2)cc1-c1ccccc1C)C(=O)O. The smallest absolute Gasteiger partial charge is 0.326 e. The summed E-state index contributed by atoms with van der Waals surface area (Å²) in [7, 11) is 0. The number of hydrogen-bond donors (Lipinski definition) is 2. The second kappa shape index (κ2) is 14.2. The van der Waals surface area contributed by atoms with E-state index in [0.717, 1.165) is 39.0 Å². The van der Waals surface area contributed by atoms with Crippen LogP contribution < -0.4 is 10.2 Å². The molecule has 206 valence electrons. The van der Waals surface area contributed by atoms with Crippen LogP contribution in [0.3, 0.4) is 0 Å². The number of nitrogens with one attached hydrogen (secondary N) is 1. The fourth-order valence-electron chi connectivity index (χ4n) is 4.62. The molecule has 0 aliphatic heterocycles. The van der Waals surface area contributed by atoms with E-state index in [1.807, 2.05) is 79.9 Å². The van der Waals surface area contributed by atoms with Crippen molar-refractivity contribution in [1.29, 1.82) is 0 Å². The maximum Gasteiger partial charge on any atom is 0.326 e. The van der Waals surface area contributed by atoms with Gasteiger partial charge < -0.3 is 15.3 Å². The number of nitrogens with zero attached hydrogens (tertiary/aromatic N) is 1. The molecule has 0 aliphatic rings. The van der Waals surface area contributed by atoms with Crippen LogP contribution in [0.4, 0.5) is 5.69 Å². The fraction of sp³-hybridized carbons (Fsp3) is 0.212. The molecule has 0 fully saturated rings. The van der Waals surface area contributed by atoms with Crippen LogP contribution in [0.2, 0.25) is 0 Å². The van der Waals surface area contributed by atoms with Gasteiger partial charge in [-0.25, -0.2) is 4.79 Å². The summed E-state index contributed by atoms with van der Waals surface area (Å²) >= 11 is 5.08. The van der Waals surface area contributed by atoms with Crippen molar-refractivity contribution in [1.82, 2.24) is 5.32 Å². The number of amides is 1. The first-order valence-corrected chi connectivity index (χ1v) is 15.3. The van der Waals surface area contributed by atoms with Gasteiger partial charge in [-0.1, -0.05) is 76.6 Å². The van der Waals surface area contributed by atoms with Gasteiger partial charge in [0.25, 0.3) is 5.91 Å². The Morgan fingerprint density at radius 3 is 2.20 bits per heavy atom. The maximum atomic E-state index is 13.5. The van der Waals surface area contributed by atoms with Gasteiger partial charge in [0.2, 0.25) is 0 Å². The highest BCUT2D eigenvalue weighted by Crippen LogP contribution is 2.30. The quantitative estimate of drug-likeness (QED) is 0.172. The van der Waals surface area contributed by atoms with E-state index in [2.05, 4.69) is 56.5 Å². The first kappa shape index (κ1) is 29.4. The van der Waals surface area contributed by atoms with Crippen molar-refractivity contribution in [2.24, 2.45) is 0 Å². The molecule has 7 heteroatoms. The molecule has 1 atom stereocenters. The summed E-state index contributed by atoms with van der Waals surface area (Å²) in [6, 6.07) is 31.5. The third-order valence-corrected chi connectivity index (χ3v) is 7.93. The van der Waals surface area contributed by atoms with Gasteiger partial charge in [0.15, 0.2) is 0 Å². The number of carboxylic acids is 1. The first-order valence-electron chi connectivity index (χ1n) is 13.1. The summed E-state index contributed by atoms with van der Waals surface area (Å²) in [5.74, 6) is -0.759. The lowest BCUT2D eigenvalue weighted by Gasteiger charge is -2.26. The van der Waals surface area contributed by atoms with E-state index in [4.69, 9.17) is 0 Å². The number of rotatable bonds is 12. The van der Waals surface area contributed by atoms with E-state index in [0.29, 0.717) is 24.3 Å². The zero-order valence-corrected chi connectivity index (χ0v) is 25.0. The number of carboxylic acid groups (broad SMARTS) is 1. The van der Waals surface area contributed by atoms with Gasteiger partial charge in [0.05, 0.1) is 0 Å². The van der Waals surface area contributed by atoms with Gasteiger partial charge in [0.1, 0.15) is 6.04 Å². The Kier molecular flexibility index (Phi) is 10.4. The lowest BCUT2D eigenvalue weighted by atomic mass is 9.93. The normalized spacial score (nSPS) is 11.6. The molecule has 4 aromatic rings. The zero-order chi connectivity index (χ0) is 28.5. The van der Waals surface area contributed by atoms with E-state index in [1.165, 1.54) is 5.56 Å². The number of benzene rings is 4. The second-order valence-electron chi connectivity index (χ2n) is 9.66. The van der Waals surface area contributed by atoms with Gasteiger partial charge in [-0.2, -0.15) is 11.8 Å². The minimum absolute atomic E-state index is 0.363. The molecule has 1 amide bonds. The van der Waals surface area contributed by atoms with Gasteiger partial charge >= 0.3 is 5.97 Å². The summed E-state index contributed by atoms with van der Waals surface area (Å²) < 4.78 is 1.04. The number of thioether (sulfide) groups is 1. The average molecular weight is 618 g/mol. The Labute approximate surface area is 248 Å². The number of carbonyl (C=O) groups excluding carboxylic acids is 1. The van der Waals surface area contributed by atoms with Crippen LogP contribution >= 0.6 is 27.7 Å². The number of halogens is 1. The molecule has 0 radical (unpaired) electrons. The molecule has 0 aromatic heterocycles. The lowest BCUT2D eigenvalue weighted by molar-refractivity contribution is -0.139. The van der Waals surface area contributed by atoms with E-state index >= 15 is 0 Å². The van der Waals surface area contributed by atoms with E-state index < -0.39 is 12.0 Å². The van der Waals surface area contributed by atoms with Crippen LogP contribution in [0, 0.1) is 6.92 Å². The van der Waals surface area contributed by atoms with Gasteiger partial charge in [-0.05, 0) is 89.6 Å². The van der Waals surface area contributed by atoms with E-state index in [-0.39, 0.29) is 5.91 Å². The van der Waals surface area contributed by atoms with Crippen molar-refractivity contribution in [3.63, 3.8) is 0 Å². The molecule has 40 heavy (non-hydrogen) atoms. The second-order valence-corrected chi connectivity index (χ2v) is 11.6. The monoisotopic (exact) mass is 616 g/mol. The van der Waals surface area contributed by atoms with Crippen molar-refractivity contribution in [2.75, 3.05) is 16.9 Å². The molecule has 0 heterocycles. The Morgan fingerprint density at radius 2 is 1.52 bits per heavy atom. The molecule has 5 nitrogen and oxygen atoms in total. The Bertz CT molecular complexity index is 1440. The Morgan fingerprint density at radius 1 is 0.875 bits per heavy atom. The predicted molar refractivity (Wildman–Crippen MR) is 169 cm³/mol. The van der Waals surface area contributed by atoms with Gasteiger partial charge in [-0.3, -0.25) is 4.79 Å². The first-order chi connectivity index (χ1) is 19.4. The van der Waals surface area contributed by atoms with E-state index in [1.54, 1.807) is 11.8 Å². The predicted octanol–water partition coefficient (Wildman–Crippen LogP) is 7.57. The third kappa shape index (κ3) is 7.77. The van der Waals surface area contributed by atoms with Gasteiger partial charge in [-0.15, -0.1) is 0 Å².